The Kier molecular flexibility index (Phi) is 5.48. The summed E-state index contributed by atoms with van der Waals surface area (Å²) in [5.41, 5.74) is 4.83. The van der Waals surface area contributed by atoms with Crippen molar-refractivity contribution in [2.24, 2.45) is 5.73 Å². The first kappa shape index (κ1) is 21.0. The van der Waals surface area contributed by atoms with Crippen molar-refractivity contribution in [1.82, 2.24) is 15.3 Å². The third-order valence-electron chi connectivity index (χ3n) is 5.25. The van der Waals surface area contributed by atoms with E-state index in [2.05, 4.69) is 20.6 Å². The molecule has 6 nitrogen and oxygen atoms in total. The average Bonchev–Trinajstić information content (AvgIpc) is 2.73. The van der Waals surface area contributed by atoms with Gasteiger partial charge in [0, 0.05) is 23.5 Å². The Labute approximate surface area is 174 Å². The zero-order chi connectivity index (χ0) is 22.2. The number of fused-ring (bicyclic) bond motifs is 1. The van der Waals surface area contributed by atoms with Crippen molar-refractivity contribution >= 4 is 22.6 Å². The molecule has 0 bridgehead atoms. The molecule has 3 aromatic rings. The molecule has 4 N–H and O–H groups in total. The van der Waals surface area contributed by atoms with Gasteiger partial charge in [0.05, 0.1) is 16.6 Å². The molecule has 0 spiro atoms. The minimum absolute atomic E-state index is 0.0269. The number of carbonyl (C=O) groups is 1. The lowest BCUT2D eigenvalue weighted by Crippen LogP contribution is -2.38. The van der Waals surface area contributed by atoms with Crippen molar-refractivity contribution in [2.45, 2.75) is 25.1 Å². The molecule has 1 aliphatic heterocycles. The van der Waals surface area contributed by atoms with E-state index in [9.17, 15) is 22.4 Å². The normalized spacial score (nSPS) is 17.0. The number of nitrogens with one attached hydrogen (secondary N) is 2. The smallest absolute Gasteiger partial charge is 0.366 e. The number of anilines is 1. The molecule has 10 heteroatoms. The van der Waals surface area contributed by atoms with Crippen LogP contribution < -0.4 is 16.4 Å². The van der Waals surface area contributed by atoms with Crippen LogP contribution in [0.1, 0.15) is 28.8 Å². The van der Waals surface area contributed by atoms with E-state index < -0.39 is 23.5 Å². The van der Waals surface area contributed by atoms with E-state index in [0.717, 1.165) is 38.1 Å². The zero-order valence-corrected chi connectivity index (χ0v) is 16.3. The summed E-state index contributed by atoms with van der Waals surface area (Å²) in [6.07, 6.45) is -1.48. The summed E-state index contributed by atoms with van der Waals surface area (Å²) < 4.78 is 53.3. The predicted octanol–water partition coefficient (Wildman–Crippen LogP) is 3.72. The largest absolute Gasteiger partial charge is 0.416 e. The highest BCUT2D eigenvalue weighted by Crippen LogP contribution is 2.35. The molecule has 4 rings (SSSR count). The van der Waals surface area contributed by atoms with Gasteiger partial charge in [0.15, 0.2) is 0 Å². The Balaban J connectivity index is 1.85. The number of piperidine rings is 1. The molecule has 1 aliphatic rings. The number of hydrogen-bond donors (Lipinski definition) is 3. The molecule has 0 aliphatic carbocycles. The molecule has 1 amide bonds. The number of primary amides is 1. The van der Waals surface area contributed by atoms with Gasteiger partial charge in [0.2, 0.25) is 0 Å². The minimum atomic E-state index is -4.67. The van der Waals surface area contributed by atoms with E-state index in [1.54, 1.807) is 6.07 Å². The molecule has 1 saturated heterocycles. The SMILES string of the molecule is NC(=O)c1cc(-c2ccc(C(F)(F)F)cc2F)cc2c(N[C@H]3CCCNC3)ncnc12. The lowest BCUT2D eigenvalue weighted by molar-refractivity contribution is -0.137. The quantitative estimate of drug-likeness (QED) is 0.546. The first-order valence-corrected chi connectivity index (χ1v) is 9.67. The summed E-state index contributed by atoms with van der Waals surface area (Å²) in [7, 11) is 0. The highest BCUT2D eigenvalue weighted by Gasteiger charge is 2.31. The third-order valence-corrected chi connectivity index (χ3v) is 5.25. The highest BCUT2D eigenvalue weighted by molar-refractivity contribution is 6.08. The average molecular weight is 433 g/mol. The number of amides is 1. The van der Waals surface area contributed by atoms with Crippen LogP contribution in [0.5, 0.6) is 0 Å². The van der Waals surface area contributed by atoms with Crippen LogP contribution in [0.25, 0.3) is 22.0 Å². The van der Waals surface area contributed by atoms with Gasteiger partial charge in [-0.1, -0.05) is 6.07 Å². The van der Waals surface area contributed by atoms with Gasteiger partial charge in [-0.25, -0.2) is 14.4 Å². The van der Waals surface area contributed by atoms with Crippen molar-refractivity contribution < 1.29 is 22.4 Å². The summed E-state index contributed by atoms with van der Waals surface area (Å²) in [6.45, 7) is 1.65. The van der Waals surface area contributed by atoms with Crippen LogP contribution in [0.2, 0.25) is 0 Å². The van der Waals surface area contributed by atoms with Gasteiger partial charge < -0.3 is 16.4 Å². The van der Waals surface area contributed by atoms with Crippen LogP contribution in [-0.4, -0.2) is 35.0 Å². The summed E-state index contributed by atoms with van der Waals surface area (Å²) in [6, 6.07) is 5.22. The topological polar surface area (TPSA) is 92.9 Å². The van der Waals surface area contributed by atoms with Crippen molar-refractivity contribution in [3.8, 4) is 11.1 Å². The summed E-state index contributed by atoms with van der Waals surface area (Å²) in [5, 5.41) is 7.01. The van der Waals surface area contributed by atoms with E-state index in [1.165, 1.54) is 12.4 Å². The molecule has 1 fully saturated rings. The molecule has 0 saturated carbocycles. The van der Waals surface area contributed by atoms with Crippen LogP contribution in [0.15, 0.2) is 36.7 Å². The molecule has 2 heterocycles. The number of alkyl halides is 3. The number of halogens is 4. The molecule has 0 radical (unpaired) electrons. The number of benzene rings is 2. The number of aromatic nitrogens is 2. The number of nitrogens with zero attached hydrogens (tertiary/aromatic N) is 2. The van der Waals surface area contributed by atoms with Crippen molar-refractivity contribution in [2.75, 3.05) is 18.4 Å². The molecular formula is C21H19F4N5O. The van der Waals surface area contributed by atoms with Crippen molar-refractivity contribution in [1.29, 1.82) is 0 Å². The van der Waals surface area contributed by atoms with E-state index in [1.807, 2.05) is 0 Å². The fourth-order valence-corrected chi connectivity index (χ4v) is 3.72. The summed E-state index contributed by atoms with van der Waals surface area (Å²) in [5.74, 6) is -1.41. The molecule has 1 aromatic heterocycles. The Morgan fingerprint density at radius 1 is 1.19 bits per heavy atom. The minimum Gasteiger partial charge on any atom is -0.366 e. The Morgan fingerprint density at radius 2 is 2.00 bits per heavy atom. The van der Waals surface area contributed by atoms with Crippen LogP contribution in [0.4, 0.5) is 23.4 Å². The second-order valence-electron chi connectivity index (χ2n) is 7.39. The van der Waals surface area contributed by atoms with Crippen LogP contribution in [0, 0.1) is 5.82 Å². The highest BCUT2D eigenvalue weighted by atomic mass is 19.4. The lowest BCUT2D eigenvalue weighted by Gasteiger charge is -2.25. The maximum absolute atomic E-state index is 14.6. The van der Waals surface area contributed by atoms with Crippen LogP contribution in [-0.2, 0) is 6.18 Å². The molecule has 0 unspecified atom stereocenters. The van der Waals surface area contributed by atoms with Gasteiger partial charge in [0.25, 0.3) is 5.91 Å². The monoisotopic (exact) mass is 433 g/mol. The predicted molar refractivity (Wildman–Crippen MR) is 108 cm³/mol. The lowest BCUT2D eigenvalue weighted by atomic mass is 9.97. The Bertz CT molecular complexity index is 1140. The van der Waals surface area contributed by atoms with E-state index in [0.29, 0.717) is 17.3 Å². The van der Waals surface area contributed by atoms with Gasteiger partial charge >= 0.3 is 6.18 Å². The van der Waals surface area contributed by atoms with E-state index in [-0.39, 0.29) is 28.2 Å². The zero-order valence-electron chi connectivity index (χ0n) is 16.3. The van der Waals surface area contributed by atoms with Gasteiger partial charge in [-0.15, -0.1) is 0 Å². The fraction of sp³-hybridized carbons (Fsp3) is 0.286. The van der Waals surface area contributed by atoms with E-state index in [4.69, 9.17) is 5.73 Å². The molecule has 31 heavy (non-hydrogen) atoms. The van der Waals surface area contributed by atoms with Gasteiger partial charge in [-0.3, -0.25) is 4.79 Å². The standard InChI is InChI=1S/C21H19F4N5O/c22-17-8-12(21(23,24)25)3-4-14(17)11-6-15(19(26)31)18-16(7-11)20(29-10-28-18)30-13-2-1-5-27-9-13/h3-4,6-8,10,13,27H,1-2,5,9H2,(H2,26,31)(H,28,29,30)/t13-/m0/s1. The second-order valence-corrected chi connectivity index (χ2v) is 7.39. The first-order chi connectivity index (χ1) is 14.7. The van der Waals surface area contributed by atoms with E-state index >= 15 is 0 Å². The number of hydrogen-bond acceptors (Lipinski definition) is 5. The fourth-order valence-electron chi connectivity index (χ4n) is 3.72. The summed E-state index contributed by atoms with van der Waals surface area (Å²) >= 11 is 0. The Morgan fingerprint density at radius 3 is 2.65 bits per heavy atom. The molecular weight excluding hydrogens is 414 g/mol. The van der Waals surface area contributed by atoms with Crippen LogP contribution >= 0.6 is 0 Å². The second kappa shape index (κ2) is 8.10. The number of rotatable bonds is 4. The van der Waals surface area contributed by atoms with Crippen molar-refractivity contribution in [3.05, 3.63) is 53.6 Å². The third kappa shape index (κ3) is 4.29. The first-order valence-electron chi connectivity index (χ1n) is 9.67. The Hall–Kier alpha value is -3.27. The van der Waals surface area contributed by atoms with Gasteiger partial charge in [0.1, 0.15) is 18.0 Å². The molecule has 162 valence electrons. The van der Waals surface area contributed by atoms with Crippen molar-refractivity contribution in [3.63, 3.8) is 0 Å². The van der Waals surface area contributed by atoms with Crippen LogP contribution in [0.3, 0.4) is 0 Å². The maximum Gasteiger partial charge on any atom is 0.416 e. The molecule has 2 aromatic carbocycles. The van der Waals surface area contributed by atoms with Gasteiger partial charge in [-0.2, -0.15) is 13.2 Å². The number of carbonyl (C=O) groups excluding carboxylic acids is 1. The maximum atomic E-state index is 14.6. The molecule has 1 atom stereocenters. The number of nitrogens with two attached hydrogens (primary N) is 1. The summed E-state index contributed by atoms with van der Waals surface area (Å²) in [4.78, 5) is 20.5. The van der Waals surface area contributed by atoms with Gasteiger partial charge in [-0.05, 0) is 49.2 Å².